The van der Waals surface area contributed by atoms with E-state index in [4.69, 9.17) is 0 Å². The van der Waals surface area contributed by atoms with Crippen LogP contribution in [0, 0.1) is 13.8 Å². The van der Waals surface area contributed by atoms with Crippen LogP contribution in [0.5, 0.6) is 0 Å². The Labute approximate surface area is 160 Å². The molecule has 3 rings (SSSR count). The van der Waals surface area contributed by atoms with Crippen molar-refractivity contribution >= 4 is 17.3 Å². The van der Waals surface area contributed by atoms with Gasteiger partial charge in [-0.2, -0.15) is 13.2 Å². The van der Waals surface area contributed by atoms with E-state index in [1.54, 1.807) is 24.5 Å². The summed E-state index contributed by atoms with van der Waals surface area (Å²) >= 11 is 1.64. The number of nitrogens with zero attached hydrogens (tertiary/aromatic N) is 2. The SMILES string of the molecule is CN=C(NCc1nc(C)c(C)s1)NCC1(c2cccc(C(F)(F)F)c2)CC1. The molecule has 0 atom stereocenters. The first kappa shape index (κ1) is 19.7. The Kier molecular flexibility index (Phi) is 5.46. The molecule has 1 aliphatic carbocycles. The Morgan fingerprint density at radius 3 is 2.56 bits per heavy atom. The lowest BCUT2D eigenvalue weighted by atomic mass is 9.94. The molecule has 0 radical (unpaired) electrons. The zero-order valence-electron chi connectivity index (χ0n) is 15.6. The van der Waals surface area contributed by atoms with Crippen molar-refractivity contribution in [3.05, 3.63) is 51.0 Å². The molecule has 1 fully saturated rings. The van der Waals surface area contributed by atoms with E-state index >= 15 is 0 Å². The van der Waals surface area contributed by atoms with Gasteiger partial charge in [-0.25, -0.2) is 4.98 Å². The van der Waals surface area contributed by atoms with Crippen LogP contribution < -0.4 is 10.6 Å². The monoisotopic (exact) mass is 396 g/mol. The number of hydrogen-bond acceptors (Lipinski definition) is 3. The van der Waals surface area contributed by atoms with Crippen LogP contribution in [0.15, 0.2) is 29.3 Å². The van der Waals surface area contributed by atoms with Crippen molar-refractivity contribution in [3.8, 4) is 0 Å². The quantitative estimate of drug-likeness (QED) is 0.589. The average Bonchev–Trinajstić information content (AvgIpc) is 3.35. The van der Waals surface area contributed by atoms with Gasteiger partial charge in [0.05, 0.1) is 17.8 Å². The number of aromatic nitrogens is 1. The van der Waals surface area contributed by atoms with Crippen LogP contribution in [0.2, 0.25) is 0 Å². The molecule has 2 N–H and O–H groups in total. The molecule has 0 unspecified atom stereocenters. The highest BCUT2D eigenvalue weighted by molar-refractivity contribution is 7.11. The van der Waals surface area contributed by atoms with E-state index in [0.29, 0.717) is 19.0 Å². The van der Waals surface area contributed by atoms with Crippen LogP contribution in [0.1, 0.15) is 39.5 Å². The smallest absolute Gasteiger partial charge is 0.356 e. The largest absolute Gasteiger partial charge is 0.416 e. The minimum Gasteiger partial charge on any atom is -0.356 e. The molecule has 1 aliphatic rings. The fourth-order valence-corrected chi connectivity index (χ4v) is 3.87. The second kappa shape index (κ2) is 7.50. The lowest BCUT2D eigenvalue weighted by Gasteiger charge is -2.20. The molecule has 2 aromatic rings. The number of aliphatic imine (C=N–C) groups is 1. The standard InChI is InChI=1S/C19H23F3N4S/c1-12-13(2)27-16(26-12)10-24-17(23-3)25-11-18(7-8-18)14-5-4-6-15(9-14)19(20,21)22/h4-6,9H,7-8,10-11H2,1-3H3,(H2,23,24,25). The van der Waals surface area contributed by atoms with Gasteiger partial charge in [0, 0.05) is 23.9 Å². The third-order valence-corrected chi connectivity index (χ3v) is 6.03. The Morgan fingerprint density at radius 1 is 1.26 bits per heavy atom. The highest BCUT2D eigenvalue weighted by Crippen LogP contribution is 2.48. The van der Waals surface area contributed by atoms with Crippen molar-refractivity contribution in [2.24, 2.45) is 4.99 Å². The number of rotatable bonds is 5. The van der Waals surface area contributed by atoms with Gasteiger partial charge >= 0.3 is 6.18 Å². The summed E-state index contributed by atoms with van der Waals surface area (Å²) in [6.07, 6.45) is -2.59. The van der Waals surface area contributed by atoms with Crippen molar-refractivity contribution in [1.82, 2.24) is 15.6 Å². The summed E-state index contributed by atoms with van der Waals surface area (Å²) in [6, 6.07) is 5.65. The lowest BCUT2D eigenvalue weighted by Crippen LogP contribution is -2.40. The molecule has 1 heterocycles. The maximum Gasteiger partial charge on any atom is 0.416 e. The molecular formula is C19H23F3N4S. The molecule has 1 aromatic carbocycles. The number of thiazole rings is 1. The molecule has 0 bridgehead atoms. The summed E-state index contributed by atoms with van der Waals surface area (Å²) < 4.78 is 39.0. The molecule has 8 heteroatoms. The maximum atomic E-state index is 13.0. The first-order valence-corrected chi connectivity index (χ1v) is 9.60. The van der Waals surface area contributed by atoms with Gasteiger partial charge in [-0.3, -0.25) is 4.99 Å². The highest BCUT2D eigenvalue weighted by atomic mass is 32.1. The third kappa shape index (κ3) is 4.61. The zero-order valence-corrected chi connectivity index (χ0v) is 16.4. The van der Waals surface area contributed by atoms with E-state index in [0.717, 1.165) is 35.2 Å². The number of alkyl halides is 3. The van der Waals surface area contributed by atoms with Crippen LogP contribution in [0.25, 0.3) is 0 Å². The predicted molar refractivity (Wildman–Crippen MR) is 102 cm³/mol. The molecule has 1 saturated carbocycles. The average molecular weight is 396 g/mol. The van der Waals surface area contributed by atoms with Crippen molar-refractivity contribution < 1.29 is 13.2 Å². The summed E-state index contributed by atoms with van der Waals surface area (Å²) in [5.74, 6) is 0.624. The summed E-state index contributed by atoms with van der Waals surface area (Å²) in [4.78, 5) is 9.88. The van der Waals surface area contributed by atoms with E-state index in [-0.39, 0.29) is 5.41 Å². The van der Waals surface area contributed by atoms with Crippen LogP contribution >= 0.6 is 11.3 Å². The maximum absolute atomic E-state index is 13.0. The molecule has 0 spiro atoms. The number of benzene rings is 1. The second-order valence-electron chi connectivity index (χ2n) is 6.89. The summed E-state index contributed by atoms with van der Waals surface area (Å²) in [5, 5.41) is 7.45. The Morgan fingerprint density at radius 2 is 2.00 bits per heavy atom. The summed E-state index contributed by atoms with van der Waals surface area (Å²) in [5.41, 5.74) is 0.906. The van der Waals surface area contributed by atoms with E-state index in [1.165, 1.54) is 17.0 Å². The van der Waals surface area contributed by atoms with Gasteiger partial charge in [0.15, 0.2) is 5.96 Å². The zero-order chi connectivity index (χ0) is 19.7. The molecule has 1 aromatic heterocycles. The minimum atomic E-state index is -4.32. The molecular weight excluding hydrogens is 373 g/mol. The molecule has 0 aliphatic heterocycles. The van der Waals surface area contributed by atoms with Crippen LogP contribution in [0.4, 0.5) is 13.2 Å². The fraction of sp³-hybridized carbons (Fsp3) is 0.474. The Bertz CT molecular complexity index is 818. The number of aryl methyl sites for hydroxylation is 2. The van der Waals surface area contributed by atoms with Gasteiger partial charge in [0.25, 0.3) is 0 Å². The van der Waals surface area contributed by atoms with Crippen molar-refractivity contribution in [2.75, 3.05) is 13.6 Å². The molecule has 27 heavy (non-hydrogen) atoms. The topological polar surface area (TPSA) is 49.3 Å². The van der Waals surface area contributed by atoms with Crippen molar-refractivity contribution in [1.29, 1.82) is 0 Å². The second-order valence-corrected chi connectivity index (χ2v) is 8.18. The van der Waals surface area contributed by atoms with Crippen LogP contribution in [0.3, 0.4) is 0 Å². The number of hydrogen-bond donors (Lipinski definition) is 2. The van der Waals surface area contributed by atoms with E-state index in [9.17, 15) is 13.2 Å². The lowest BCUT2D eigenvalue weighted by molar-refractivity contribution is -0.137. The van der Waals surface area contributed by atoms with Crippen LogP contribution in [-0.4, -0.2) is 24.5 Å². The number of halogens is 3. The van der Waals surface area contributed by atoms with Crippen molar-refractivity contribution in [3.63, 3.8) is 0 Å². The molecule has 4 nitrogen and oxygen atoms in total. The summed E-state index contributed by atoms with van der Waals surface area (Å²) in [6.45, 7) is 5.13. The van der Waals surface area contributed by atoms with Gasteiger partial charge in [-0.15, -0.1) is 11.3 Å². The number of guanidine groups is 1. The molecule has 0 amide bonds. The van der Waals surface area contributed by atoms with E-state index in [1.807, 2.05) is 13.8 Å². The Balaban J connectivity index is 1.61. The summed E-state index contributed by atoms with van der Waals surface area (Å²) in [7, 11) is 1.68. The first-order valence-electron chi connectivity index (χ1n) is 8.79. The molecule has 0 saturated heterocycles. The van der Waals surface area contributed by atoms with Crippen LogP contribution in [-0.2, 0) is 18.1 Å². The van der Waals surface area contributed by atoms with E-state index in [2.05, 4.69) is 20.6 Å². The Hall–Kier alpha value is -2.09. The minimum absolute atomic E-state index is 0.257. The van der Waals surface area contributed by atoms with Gasteiger partial charge in [-0.05, 0) is 38.3 Å². The van der Waals surface area contributed by atoms with E-state index < -0.39 is 11.7 Å². The van der Waals surface area contributed by atoms with Crippen molar-refractivity contribution in [2.45, 2.75) is 44.8 Å². The first-order chi connectivity index (χ1) is 12.7. The normalized spacial score (nSPS) is 16.3. The van der Waals surface area contributed by atoms with Gasteiger partial charge in [-0.1, -0.05) is 18.2 Å². The highest BCUT2D eigenvalue weighted by Gasteiger charge is 2.45. The number of nitrogens with one attached hydrogen (secondary N) is 2. The molecule has 146 valence electrons. The van der Waals surface area contributed by atoms with Gasteiger partial charge < -0.3 is 10.6 Å². The predicted octanol–water partition coefficient (Wildman–Crippen LogP) is 4.18. The van der Waals surface area contributed by atoms with Gasteiger partial charge in [0.1, 0.15) is 5.01 Å². The van der Waals surface area contributed by atoms with Gasteiger partial charge in [0.2, 0.25) is 0 Å². The fourth-order valence-electron chi connectivity index (χ4n) is 2.99. The third-order valence-electron chi connectivity index (χ3n) is 4.95.